The average Bonchev–Trinajstić information content (AvgIpc) is 2.68. The van der Waals surface area contributed by atoms with Gasteiger partial charge in [-0.3, -0.25) is 19.2 Å². The molecule has 1 fully saturated rings. The monoisotopic (exact) mass is 447 g/mol. The van der Waals surface area contributed by atoms with Crippen molar-refractivity contribution in [3.05, 3.63) is 0 Å². The van der Waals surface area contributed by atoms with E-state index in [9.17, 15) is 24.0 Å². The van der Waals surface area contributed by atoms with Crippen molar-refractivity contribution < 1.29 is 52.4 Å². The van der Waals surface area contributed by atoms with Crippen LogP contribution < -0.4 is 5.32 Å². The van der Waals surface area contributed by atoms with Gasteiger partial charge in [0.25, 0.3) is 5.79 Å². The molecule has 1 rings (SSSR count). The largest absolute Gasteiger partial charge is 0.465 e. The highest BCUT2D eigenvalue weighted by Crippen LogP contribution is 2.34. The first-order chi connectivity index (χ1) is 14.5. The van der Waals surface area contributed by atoms with Crippen LogP contribution in [0.1, 0.15) is 40.5 Å². The molecular formula is C19H29NO11. The van der Waals surface area contributed by atoms with Gasteiger partial charge in [-0.25, -0.2) is 4.79 Å². The molecule has 0 radical (unpaired) electrons. The van der Waals surface area contributed by atoms with Crippen LogP contribution >= 0.6 is 0 Å². The van der Waals surface area contributed by atoms with Crippen molar-refractivity contribution in [3.63, 3.8) is 0 Å². The third-order valence-electron chi connectivity index (χ3n) is 4.48. The molecule has 5 atom stereocenters. The summed E-state index contributed by atoms with van der Waals surface area (Å²) in [5, 5.41) is 2.67. The second-order valence-corrected chi connectivity index (χ2v) is 6.90. The van der Waals surface area contributed by atoms with Crippen LogP contribution in [0.2, 0.25) is 0 Å². The second kappa shape index (κ2) is 11.6. The maximum Gasteiger partial charge on any atom is 0.366 e. The topological polar surface area (TPSA) is 153 Å². The zero-order chi connectivity index (χ0) is 23.8. The molecule has 0 bridgehead atoms. The summed E-state index contributed by atoms with van der Waals surface area (Å²) in [6.07, 6.45) is -3.69. The standard InChI is InChI=1S/C19H29NO11/c1-10(21)20-14-7-8-19(27-6,18(25)26-5)31-16(14)17(30-13(4)24)15(29-12(3)23)9-28-11(2)22/h14-17H,7-9H2,1-6H3,(H,20,21)/t14-,15-,16-,17+,19-/m1/s1. The van der Waals surface area contributed by atoms with Gasteiger partial charge in [0.05, 0.1) is 13.2 Å². The average molecular weight is 447 g/mol. The van der Waals surface area contributed by atoms with E-state index in [2.05, 4.69) is 5.32 Å². The van der Waals surface area contributed by atoms with Gasteiger partial charge in [0.15, 0.2) is 12.2 Å². The van der Waals surface area contributed by atoms with E-state index in [0.717, 1.165) is 27.9 Å². The molecule has 1 heterocycles. The summed E-state index contributed by atoms with van der Waals surface area (Å²) in [7, 11) is 2.38. The van der Waals surface area contributed by atoms with E-state index in [1.807, 2.05) is 0 Å². The van der Waals surface area contributed by atoms with Crippen LogP contribution in [0.4, 0.5) is 0 Å². The fraction of sp³-hybridized carbons (Fsp3) is 0.737. The molecule has 1 saturated heterocycles. The van der Waals surface area contributed by atoms with Gasteiger partial charge in [0.2, 0.25) is 5.91 Å². The first kappa shape index (κ1) is 26.3. The lowest BCUT2D eigenvalue weighted by Crippen LogP contribution is -2.64. The van der Waals surface area contributed by atoms with Crippen LogP contribution in [-0.2, 0) is 52.4 Å². The highest BCUT2D eigenvalue weighted by Gasteiger charge is 2.54. The summed E-state index contributed by atoms with van der Waals surface area (Å²) >= 11 is 0. The number of methoxy groups -OCH3 is 2. The quantitative estimate of drug-likeness (QED) is 0.363. The van der Waals surface area contributed by atoms with Gasteiger partial charge in [-0.2, -0.15) is 0 Å². The van der Waals surface area contributed by atoms with E-state index in [4.69, 9.17) is 28.4 Å². The highest BCUT2D eigenvalue weighted by molar-refractivity contribution is 5.78. The molecule has 1 amide bonds. The van der Waals surface area contributed by atoms with E-state index in [1.54, 1.807) is 0 Å². The third kappa shape index (κ3) is 7.47. The molecule has 0 saturated carbocycles. The van der Waals surface area contributed by atoms with Gasteiger partial charge < -0.3 is 33.7 Å². The number of hydrogen-bond acceptors (Lipinski definition) is 11. The smallest absolute Gasteiger partial charge is 0.366 e. The summed E-state index contributed by atoms with van der Waals surface area (Å²) in [5.41, 5.74) is 0. The molecule has 0 aromatic heterocycles. The molecule has 0 spiro atoms. The fourth-order valence-corrected chi connectivity index (χ4v) is 3.28. The highest BCUT2D eigenvalue weighted by atomic mass is 16.7. The molecule has 12 nitrogen and oxygen atoms in total. The SMILES string of the molecule is COC(=O)[C@@]1(OC)CC[C@@H](NC(C)=O)[C@H]([C@@H](OC(C)=O)[C@@H](COC(C)=O)OC(C)=O)O1. The molecule has 1 aliphatic rings. The van der Waals surface area contributed by atoms with Crippen molar-refractivity contribution in [3.8, 4) is 0 Å². The number of rotatable bonds is 9. The summed E-state index contributed by atoms with van der Waals surface area (Å²) in [4.78, 5) is 58.9. The third-order valence-corrected chi connectivity index (χ3v) is 4.48. The first-order valence-electron chi connectivity index (χ1n) is 9.52. The molecule has 0 unspecified atom stereocenters. The van der Waals surface area contributed by atoms with Crippen molar-refractivity contribution in [1.29, 1.82) is 0 Å². The Balaban J connectivity index is 3.43. The van der Waals surface area contributed by atoms with Gasteiger partial charge in [-0.15, -0.1) is 0 Å². The minimum absolute atomic E-state index is 0.0204. The molecule has 31 heavy (non-hydrogen) atoms. The summed E-state index contributed by atoms with van der Waals surface area (Å²) in [5.74, 6) is -5.27. The van der Waals surface area contributed by atoms with E-state index in [1.165, 1.54) is 14.0 Å². The van der Waals surface area contributed by atoms with Gasteiger partial charge >= 0.3 is 23.9 Å². The van der Waals surface area contributed by atoms with E-state index in [-0.39, 0.29) is 12.8 Å². The molecule has 1 aliphatic heterocycles. The number of amides is 1. The maximum absolute atomic E-state index is 12.4. The Labute approximate surface area is 179 Å². The number of carbonyl (C=O) groups excluding carboxylic acids is 5. The van der Waals surface area contributed by atoms with Gasteiger partial charge in [0.1, 0.15) is 12.7 Å². The minimum Gasteiger partial charge on any atom is -0.465 e. The normalized spacial score (nSPS) is 24.8. The summed E-state index contributed by atoms with van der Waals surface area (Å²) in [6, 6.07) is -0.759. The van der Waals surface area contributed by atoms with Gasteiger partial charge in [-0.1, -0.05) is 0 Å². The Morgan fingerprint density at radius 2 is 1.61 bits per heavy atom. The van der Waals surface area contributed by atoms with Crippen LogP contribution in [0.3, 0.4) is 0 Å². The van der Waals surface area contributed by atoms with E-state index >= 15 is 0 Å². The van der Waals surface area contributed by atoms with Crippen molar-refractivity contribution >= 4 is 29.8 Å². The number of hydrogen-bond donors (Lipinski definition) is 1. The maximum atomic E-state index is 12.4. The number of nitrogens with one attached hydrogen (secondary N) is 1. The summed E-state index contributed by atoms with van der Waals surface area (Å²) in [6.45, 7) is 4.20. The van der Waals surface area contributed by atoms with Gasteiger partial charge in [0, 0.05) is 41.2 Å². The molecule has 0 aliphatic carbocycles. The zero-order valence-electron chi connectivity index (χ0n) is 18.4. The molecule has 0 aromatic rings. The number of ether oxygens (including phenoxy) is 6. The zero-order valence-corrected chi connectivity index (χ0v) is 18.4. The minimum atomic E-state index is -1.85. The molecule has 12 heteroatoms. The second-order valence-electron chi connectivity index (χ2n) is 6.90. The first-order valence-corrected chi connectivity index (χ1v) is 9.52. The Hall–Kier alpha value is -2.73. The van der Waals surface area contributed by atoms with Crippen molar-refractivity contribution in [1.82, 2.24) is 5.32 Å². The molecule has 176 valence electrons. The molecule has 0 aromatic carbocycles. The Morgan fingerprint density at radius 1 is 1.00 bits per heavy atom. The van der Waals surface area contributed by atoms with Crippen molar-refractivity contribution in [2.45, 2.75) is 70.7 Å². The van der Waals surface area contributed by atoms with E-state index in [0.29, 0.717) is 0 Å². The Morgan fingerprint density at radius 3 is 2.06 bits per heavy atom. The van der Waals surface area contributed by atoms with Crippen LogP contribution in [0.25, 0.3) is 0 Å². The molecule has 1 N–H and O–H groups in total. The van der Waals surface area contributed by atoms with Crippen molar-refractivity contribution in [2.24, 2.45) is 0 Å². The van der Waals surface area contributed by atoms with Crippen LogP contribution in [0.15, 0.2) is 0 Å². The van der Waals surface area contributed by atoms with Crippen LogP contribution in [0.5, 0.6) is 0 Å². The molecular weight excluding hydrogens is 418 g/mol. The number of carbonyl (C=O) groups is 5. The predicted octanol–water partition coefficient (Wildman–Crippen LogP) is -0.388. The van der Waals surface area contributed by atoms with Gasteiger partial charge in [-0.05, 0) is 6.42 Å². The lowest BCUT2D eigenvalue weighted by Gasteiger charge is -2.45. The fourth-order valence-electron chi connectivity index (χ4n) is 3.28. The van der Waals surface area contributed by atoms with Crippen LogP contribution in [0, 0.1) is 0 Å². The Kier molecular flexibility index (Phi) is 9.85. The lowest BCUT2D eigenvalue weighted by molar-refractivity contribution is -0.292. The Bertz CT molecular complexity index is 694. The van der Waals surface area contributed by atoms with Crippen molar-refractivity contribution in [2.75, 3.05) is 20.8 Å². The lowest BCUT2D eigenvalue weighted by atomic mass is 9.90. The van der Waals surface area contributed by atoms with Crippen LogP contribution in [-0.4, -0.2) is 80.8 Å². The van der Waals surface area contributed by atoms with E-state index < -0.39 is 66.5 Å². The number of esters is 4. The predicted molar refractivity (Wildman–Crippen MR) is 101 cm³/mol. The summed E-state index contributed by atoms with van der Waals surface area (Å²) < 4.78 is 31.5.